The van der Waals surface area contributed by atoms with Gasteiger partial charge in [-0.25, -0.2) is 0 Å². The molecule has 0 spiro atoms. The quantitative estimate of drug-likeness (QED) is 0.372. The number of hydrogen-bond acceptors (Lipinski definition) is 1. The maximum absolute atomic E-state index is 13.7. The molecule has 0 saturated carbocycles. The molecule has 0 radical (unpaired) electrons. The van der Waals surface area contributed by atoms with Crippen LogP contribution in [-0.2, 0) is 9.00 Å². The predicted octanol–water partition coefficient (Wildman–Crippen LogP) is 5.31. The van der Waals surface area contributed by atoms with E-state index in [1.807, 2.05) is 12.1 Å². The van der Waals surface area contributed by atoms with Crippen LogP contribution in [0.4, 0.5) is 8.63 Å². The minimum Gasteiger partial charge on any atom is -0.572 e. The number of halogens is 2. The fourth-order valence-corrected chi connectivity index (χ4v) is 5.82. The highest BCUT2D eigenvalue weighted by atomic mass is 19.3. The van der Waals surface area contributed by atoms with Gasteiger partial charge in [-0.3, -0.25) is 0 Å². The van der Waals surface area contributed by atoms with E-state index in [1.54, 1.807) is 13.8 Å². The maximum Gasteiger partial charge on any atom is 0.994 e. The van der Waals surface area contributed by atoms with Crippen molar-refractivity contribution in [3.05, 3.63) is 93.2 Å². The van der Waals surface area contributed by atoms with E-state index in [4.69, 9.17) is 9.00 Å². The van der Waals surface area contributed by atoms with Crippen molar-refractivity contribution in [3.8, 4) is 0 Å². The highest BCUT2D eigenvalue weighted by Gasteiger charge is 2.53. The smallest absolute Gasteiger partial charge is 0.572 e. The molecule has 0 bridgehead atoms. The van der Waals surface area contributed by atoms with Crippen LogP contribution in [0, 0.1) is 41.5 Å². The molecule has 1 heterocycles. The fraction of sp³-hybridized carbons (Fsp3) is 0.276. The number of rotatable bonds is 4. The number of aryl methyl sites for hydroxylation is 6. The van der Waals surface area contributed by atoms with Gasteiger partial charge >= 0.3 is 7.11 Å². The third-order valence-corrected chi connectivity index (χ3v) is 6.92. The molecular formula is C29H32B2F2O2. The summed E-state index contributed by atoms with van der Waals surface area (Å²) in [5.41, 5.74) is 12.7. The number of ketones is 1. The second-order valence-corrected chi connectivity index (χ2v) is 9.94. The van der Waals surface area contributed by atoms with Gasteiger partial charge in [0, 0.05) is 6.92 Å². The summed E-state index contributed by atoms with van der Waals surface area (Å²) in [6.07, 6.45) is 0. The Morgan fingerprint density at radius 1 is 0.686 bits per heavy atom. The van der Waals surface area contributed by atoms with Crippen molar-refractivity contribution in [1.82, 2.24) is 0 Å². The third-order valence-electron chi connectivity index (χ3n) is 6.92. The zero-order valence-electron chi connectivity index (χ0n) is 21.8. The third kappa shape index (κ3) is 4.84. The molecule has 0 atom stereocenters. The Kier molecular flexibility index (Phi) is 6.52. The predicted molar refractivity (Wildman–Crippen MR) is 145 cm³/mol. The first-order chi connectivity index (χ1) is 16.4. The van der Waals surface area contributed by atoms with E-state index in [2.05, 4.69) is 77.9 Å². The van der Waals surface area contributed by atoms with E-state index in [-0.39, 0.29) is 18.3 Å². The van der Waals surface area contributed by atoms with E-state index in [0.29, 0.717) is 5.57 Å². The second-order valence-electron chi connectivity index (χ2n) is 9.94. The van der Waals surface area contributed by atoms with Gasteiger partial charge in [-0.05, 0) is 54.0 Å². The van der Waals surface area contributed by atoms with E-state index in [9.17, 15) is 8.63 Å². The zero-order valence-corrected chi connectivity index (χ0v) is 21.8. The maximum atomic E-state index is 13.7. The van der Waals surface area contributed by atoms with Crippen molar-refractivity contribution in [3.63, 3.8) is 0 Å². The molecule has 0 amide bonds. The molecule has 6 heteroatoms. The molecule has 0 aromatic heterocycles. The lowest BCUT2D eigenvalue weighted by atomic mass is 9.34. The molecule has 2 nitrogen and oxygen atoms in total. The van der Waals surface area contributed by atoms with Gasteiger partial charge < -0.3 is 17.6 Å². The summed E-state index contributed by atoms with van der Waals surface area (Å²) in [6, 6.07) is 17.1. The minimum atomic E-state index is -4.31. The van der Waals surface area contributed by atoms with Crippen molar-refractivity contribution >= 4 is 41.6 Å². The molecule has 3 aromatic rings. The van der Waals surface area contributed by atoms with Crippen LogP contribution in [0.15, 0.2) is 54.3 Å². The van der Waals surface area contributed by atoms with Gasteiger partial charge in [0.25, 0.3) is 5.78 Å². The lowest BCUT2D eigenvalue weighted by Gasteiger charge is -2.25. The van der Waals surface area contributed by atoms with Gasteiger partial charge in [-0.15, -0.1) is 0 Å². The van der Waals surface area contributed by atoms with E-state index >= 15 is 0 Å². The van der Waals surface area contributed by atoms with Crippen molar-refractivity contribution < 1.29 is 17.6 Å². The number of allylic oxidation sites excluding steroid dienone is 2. The van der Waals surface area contributed by atoms with Crippen LogP contribution in [0.1, 0.15) is 52.8 Å². The average Bonchev–Trinajstić information content (AvgIpc) is 2.70. The lowest BCUT2D eigenvalue weighted by molar-refractivity contribution is -0.363. The molecule has 3 aromatic carbocycles. The number of benzene rings is 3. The molecule has 180 valence electrons. The van der Waals surface area contributed by atoms with E-state index < -0.39 is 7.11 Å². The SMILES string of the molecule is CC1=[O+][B-](F)(F)OC(C)=C1c1ccc(B(c2c(C)cc(C)cc2C)c2c(C)cc(C)cc2C)cc1. The van der Waals surface area contributed by atoms with E-state index in [1.165, 1.54) is 44.3 Å². The molecule has 1 aliphatic rings. The van der Waals surface area contributed by atoms with Crippen molar-refractivity contribution in [2.75, 3.05) is 0 Å². The van der Waals surface area contributed by atoms with Crippen molar-refractivity contribution in [1.29, 1.82) is 0 Å². The Bertz CT molecular complexity index is 1270. The molecular weight excluding hydrogens is 440 g/mol. The monoisotopic (exact) mass is 472 g/mol. The van der Waals surface area contributed by atoms with Crippen LogP contribution in [0.25, 0.3) is 5.57 Å². The molecule has 0 N–H and O–H groups in total. The zero-order chi connectivity index (χ0) is 25.7. The van der Waals surface area contributed by atoms with Gasteiger partial charge in [0.1, 0.15) is 5.57 Å². The Hall–Kier alpha value is -3.14. The Labute approximate surface area is 207 Å². The van der Waals surface area contributed by atoms with Crippen LogP contribution >= 0.6 is 0 Å². The fourth-order valence-electron chi connectivity index (χ4n) is 5.82. The molecule has 0 unspecified atom stereocenters. The lowest BCUT2D eigenvalue weighted by Crippen LogP contribution is -2.55. The Morgan fingerprint density at radius 2 is 1.11 bits per heavy atom. The molecule has 35 heavy (non-hydrogen) atoms. The van der Waals surface area contributed by atoms with Crippen LogP contribution in [0.3, 0.4) is 0 Å². The molecule has 0 aliphatic carbocycles. The first kappa shape index (κ1) is 25.0. The van der Waals surface area contributed by atoms with Crippen LogP contribution in [0.2, 0.25) is 0 Å². The summed E-state index contributed by atoms with van der Waals surface area (Å²) in [4.78, 5) is 0. The summed E-state index contributed by atoms with van der Waals surface area (Å²) in [5.74, 6) is 0.358. The summed E-state index contributed by atoms with van der Waals surface area (Å²) in [7, 11) is -4.31. The normalized spacial score (nSPS) is 15.1. The standard InChI is InChI=1S/C29H32B2F2O2/c1-17-13-19(3)28(20(4)14-17)30(29-21(5)15-18(2)16-22(29)6)26-11-9-25(10-12-26)27-23(7)34-31(32,33)35-24(27)8/h9-16H,1-8H3. The van der Waals surface area contributed by atoms with Crippen LogP contribution in [0.5, 0.6) is 0 Å². The summed E-state index contributed by atoms with van der Waals surface area (Å²) >= 11 is 0. The molecule has 1 aliphatic heterocycles. The second kappa shape index (κ2) is 9.14. The molecule has 0 saturated heterocycles. The summed E-state index contributed by atoms with van der Waals surface area (Å²) in [5, 5.41) is 0. The highest BCUT2D eigenvalue weighted by molar-refractivity contribution is 6.96. The topological polar surface area (TPSA) is 20.5 Å². The first-order valence-corrected chi connectivity index (χ1v) is 12.1. The number of carbonyl (C=O) groups excluding carboxylic acids is 1. The van der Waals surface area contributed by atoms with Gasteiger partial charge in [0.2, 0.25) is 6.71 Å². The Balaban J connectivity index is 1.89. The minimum absolute atomic E-state index is 0.0527. The largest absolute Gasteiger partial charge is 0.994 e. The molecule has 0 fully saturated rings. The number of hydrogen-bond donors (Lipinski definition) is 0. The highest BCUT2D eigenvalue weighted by Crippen LogP contribution is 2.28. The van der Waals surface area contributed by atoms with Gasteiger partial charge in [0.05, 0.1) is 5.76 Å². The van der Waals surface area contributed by atoms with Crippen LogP contribution in [-0.4, -0.2) is 19.6 Å². The first-order valence-electron chi connectivity index (χ1n) is 12.1. The van der Waals surface area contributed by atoms with Crippen LogP contribution < -0.4 is 16.4 Å². The van der Waals surface area contributed by atoms with Gasteiger partial charge in [-0.2, -0.15) is 0 Å². The van der Waals surface area contributed by atoms with E-state index in [0.717, 1.165) is 11.0 Å². The summed E-state index contributed by atoms with van der Waals surface area (Å²) in [6.45, 7) is 16.2. The molecule has 4 rings (SSSR count). The van der Waals surface area contributed by atoms with Gasteiger partial charge in [-0.1, -0.05) is 98.3 Å². The summed E-state index contributed by atoms with van der Waals surface area (Å²) < 4.78 is 37.0. The van der Waals surface area contributed by atoms with Crippen molar-refractivity contribution in [2.24, 2.45) is 0 Å². The van der Waals surface area contributed by atoms with Gasteiger partial charge in [0.15, 0.2) is 0 Å². The van der Waals surface area contributed by atoms with Crippen molar-refractivity contribution in [2.45, 2.75) is 55.4 Å². The Morgan fingerprint density at radius 3 is 1.51 bits per heavy atom. The average molecular weight is 472 g/mol.